The minimum atomic E-state index is -0.0145. The van der Waals surface area contributed by atoms with E-state index >= 15 is 0 Å². The summed E-state index contributed by atoms with van der Waals surface area (Å²) < 4.78 is 0. The van der Waals surface area contributed by atoms with Crippen molar-refractivity contribution < 1.29 is 9.59 Å². The highest BCUT2D eigenvalue weighted by atomic mass is 16.2. The molecule has 5 aliphatic rings. The van der Waals surface area contributed by atoms with E-state index in [1.807, 2.05) is 0 Å². The zero-order chi connectivity index (χ0) is 17.1. The second-order valence-corrected chi connectivity index (χ2v) is 10.0. The number of carbonyl (C=O) groups is 2. The van der Waals surface area contributed by atoms with E-state index in [0.717, 1.165) is 44.2 Å². The first-order chi connectivity index (χ1) is 12.1. The van der Waals surface area contributed by atoms with Crippen LogP contribution >= 0.6 is 0 Å². The van der Waals surface area contributed by atoms with Crippen molar-refractivity contribution in [2.24, 2.45) is 23.2 Å². The Morgan fingerprint density at radius 1 is 0.960 bits per heavy atom. The molecule has 5 fully saturated rings. The third kappa shape index (κ3) is 2.71. The molecule has 1 atom stereocenters. The average molecular weight is 344 g/mol. The van der Waals surface area contributed by atoms with Crippen molar-refractivity contribution in [3.05, 3.63) is 0 Å². The standard InChI is InChI=1S/C21H32N2O2/c24-18-7-9-21(22-18)11-17(12-21)19(25)23-13-20(14-23)8-6-16(10-20)15-4-2-1-3-5-15/h15-17H,1-14H2,(H,22,24)/t16?,17-,21+. The predicted molar refractivity (Wildman–Crippen MR) is 95.8 cm³/mol. The van der Waals surface area contributed by atoms with Gasteiger partial charge in [-0.2, -0.15) is 0 Å². The summed E-state index contributed by atoms with van der Waals surface area (Å²) in [6.07, 6.45) is 14.7. The van der Waals surface area contributed by atoms with Crippen molar-refractivity contribution in [3.8, 4) is 0 Å². The van der Waals surface area contributed by atoms with Crippen molar-refractivity contribution in [3.63, 3.8) is 0 Å². The minimum absolute atomic E-state index is 0.0145. The number of hydrogen-bond donors (Lipinski definition) is 1. The molecule has 2 amide bonds. The number of rotatable bonds is 2. The SMILES string of the molecule is O=C1CC[C@]2(C[C@H](C(=O)N3CC4(CCC(C5CCCCC5)C4)C3)C2)N1. The van der Waals surface area contributed by atoms with Crippen LogP contribution in [0.1, 0.15) is 77.0 Å². The van der Waals surface area contributed by atoms with Crippen molar-refractivity contribution in [2.45, 2.75) is 82.6 Å². The lowest BCUT2D eigenvalue weighted by Gasteiger charge is -2.53. The highest BCUT2D eigenvalue weighted by Crippen LogP contribution is 2.53. The largest absolute Gasteiger partial charge is 0.351 e. The fourth-order valence-electron chi connectivity index (χ4n) is 6.86. The molecule has 0 aromatic carbocycles. The van der Waals surface area contributed by atoms with Crippen LogP contribution in [0.25, 0.3) is 0 Å². The number of carbonyl (C=O) groups excluding carboxylic acids is 2. The first kappa shape index (κ1) is 16.1. The molecule has 2 spiro atoms. The monoisotopic (exact) mass is 344 g/mol. The number of nitrogens with one attached hydrogen (secondary N) is 1. The van der Waals surface area contributed by atoms with Gasteiger partial charge in [0.1, 0.15) is 0 Å². The molecule has 1 N–H and O–H groups in total. The summed E-state index contributed by atoms with van der Waals surface area (Å²) in [5.74, 6) is 2.65. The highest BCUT2D eigenvalue weighted by molar-refractivity contribution is 5.84. The van der Waals surface area contributed by atoms with Gasteiger partial charge in [-0.1, -0.05) is 32.1 Å². The van der Waals surface area contributed by atoms with Crippen molar-refractivity contribution in [2.75, 3.05) is 13.1 Å². The molecule has 138 valence electrons. The van der Waals surface area contributed by atoms with Gasteiger partial charge in [0.15, 0.2) is 0 Å². The van der Waals surface area contributed by atoms with Crippen LogP contribution in [-0.2, 0) is 9.59 Å². The second-order valence-electron chi connectivity index (χ2n) is 10.0. The zero-order valence-electron chi connectivity index (χ0n) is 15.4. The number of nitrogens with zero attached hydrogens (tertiary/aromatic N) is 1. The third-order valence-corrected chi connectivity index (χ3v) is 8.28. The highest BCUT2D eigenvalue weighted by Gasteiger charge is 2.56. The lowest BCUT2D eigenvalue weighted by atomic mass is 9.66. The second kappa shape index (κ2) is 5.72. The molecule has 3 aliphatic carbocycles. The third-order valence-electron chi connectivity index (χ3n) is 8.28. The van der Waals surface area contributed by atoms with Gasteiger partial charge in [0, 0.05) is 36.4 Å². The summed E-state index contributed by atoms with van der Waals surface area (Å²) in [7, 11) is 0. The van der Waals surface area contributed by atoms with Gasteiger partial charge in [0.25, 0.3) is 0 Å². The fourth-order valence-corrected chi connectivity index (χ4v) is 6.86. The maximum absolute atomic E-state index is 12.8. The summed E-state index contributed by atoms with van der Waals surface area (Å²) in [6, 6.07) is 0. The summed E-state index contributed by atoms with van der Waals surface area (Å²) in [5.41, 5.74) is 0.459. The Balaban J connectivity index is 1.11. The van der Waals surface area contributed by atoms with Gasteiger partial charge in [0.05, 0.1) is 0 Å². The van der Waals surface area contributed by atoms with Crippen LogP contribution < -0.4 is 5.32 Å². The molecule has 4 heteroatoms. The van der Waals surface area contributed by atoms with Crippen molar-refractivity contribution in [1.82, 2.24) is 10.2 Å². The van der Waals surface area contributed by atoms with E-state index in [9.17, 15) is 9.59 Å². The molecular formula is C21H32N2O2. The minimum Gasteiger partial charge on any atom is -0.351 e. The van der Waals surface area contributed by atoms with Crippen LogP contribution in [0.4, 0.5) is 0 Å². The molecule has 0 radical (unpaired) electrons. The summed E-state index contributed by atoms with van der Waals surface area (Å²) in [4.78, 5) is 26.4. The molecule has 2 aliphatic heterocycles. The Bertz CT molecular complexity index is 568. The van der Waals surface area contributed by atoms with Crippen molar-refractivity contribution >= 4 is 11.8 Å². The van der Waals surface area contributed by atoms with E-state index in [2.05, 4.69) is 10.2 Å². The number of hydrogen-bond acceptors (Lipinski definition) is 2. The van der Waals surface area contributed by atoms with Crippen LogP contribution in [0.15, 0.2) is 0 Å². The first-order valence-electron chi connectivity index (χ1n) is 10.7. The fraction of sp³-hybridized carbons (Fsp3) is 0.905. The maximum Gasteiger partial charge on any atom is 0.225 e. The molecule has 0 aromatic heterocycles. The number of amides is 2. The molecular weight excluding hydrogens is 312 g/mol. The van der Waals surface area contributed by atoms with E-state index in [1.165, 1.54) is 51.4 Å². The normalized spacial score (nSPS) is 40.2. The maximum atomic E-state index is 12.8. The van der Waals surface area contributed by atoms with Gasteiger partial charge in [0.2, 0.25) is 11.8 Å². The van der Waals surface area contributed by atoms with Crippen LogP contribution in [0, 0.1) is 23.2 Å². The van der Waals surface area contributed by atoms with E-state index < -0.39 is 0 Å². The van der Waals surface area contributed by atoms with E-state index in [0.29, 0.717) is 17.7 Å². The topological polar surface area (TPSA) is 49.4 Å². The van der Waals surface area contributed by atoms with E-state index in [1.54, 1.807) is 0 Å². The molecule has 4 nitrogen and oxygen atoms in total. The van der Waals surface area contributed by atoms with Crippen LogP contribution in [0.2, 0.25) is 0 Å². The van der Waals surface area contributed by atoms with Crippen LogP contribution in [0.5, 0.6) is 0 Å². The Hall–Kier alpha value is -1.06. The molecule has 1 unspecified atom stereocenters. The van der Waals surface area contributed by atoms with E-state index in [4.69, 9.17) is 0 Å². The van der Waals surface area contributed by atoms with Gasteiger partial charge in [-0.15, -0.1) is 0 Å². The molecule has 0 aromatic rings. The Kier molecular flexibility index (Phi) is 3.69. The van der Waals surface area contributed by atoms with Crippen LogP contribution in [-0.4, -0.2) is 35.3 Å². The lowest BCUT2D eigenvalue weighted by Crippen LogP contribution is -2.63. The predicted octanol–water partition coefficient (Wildman–Crippen LogP) is 3.25. The molecule has 0 bridgehead atoms. The lowest BCUT2D eigenvalue weighted by molar-refractivity contribution is -0.154. The molecule has 3 saturated carbocycles. The summed E-state index contributed by atoms with van der Waals surface area (Å²) in [5, 5.41) is 3.11. The number of likely N-dealkylation sites (tertiary alicyclic amines) is 1. The average Bonchev–Trinajstić information content (AvgIpc) is 3.17. The van der Waals surface area contributed by atoms with Gasteiger partial charge < -0.3 is 10.2 Å². The Morgan fingerprint density at radius 2 is 1.72 bits per heavy atom. The summed E-state index contributed by atoms with van der Waals surface area (Å²) in [6.45, 7) is 2.04. The Labute approximate surface area is 151 Å². The summed E-state index contributed by atoms with van der Waals surface area (Å²) >= 11 is 0. The quantitative estimate of drug-likeness (QED) is 0.836. The van der Waals surface area contributed by atoms with E-state index in [-0.39, 0.29) is 17.4 Å². The molecule has 2 saturated heterocycles. The van der Waals surface area contributed by atoms with Gasteiger partial charge in [-0.25, -0.2) is 0 Å². The zero-order valence-corrected chi connectivity index (χ0v) is 15.4. The van der Waals surface area contributed by atoms with Crippen molar-refractivity contribution in [1.29, 1.82) is 0 Å². The van der Waals surface area contributed by atoms with Gasteiger partial charge >= 0.3 is 0 Å². The van der Waals surface area contributed by atoms with Gasteiger partial charge in [-0.3, -0.25) is 9.59 Å². The molecule has 25 heavy (non-hydrogen) atoms. The molecule has 5 rings (SSSR count). The molecule has 2 heterocycles. The Morgan fingerprint density at radius 3 is 2.40 bits per heavy atom. The first-order valence-corrected chi connectivity index (χ1v) is 10.7. The van der Waals surface area contributed by atoms with Crippen LogP contribution in [0.3, 0.4) is 0 Å². The van der Waals surface area contributed by atoms with Gasteiger partial charge in [-0.05, 0) is 50.4 Å². The smallest absolute Gasteiger partial charge is 0.225 e.